The van der Waals surface area contributed by atoms with Gasteiger partial charge in [-0.3, -0.25) is 4.79 Å². The third-order valence-electron chi connectivity index (χ3n) is 5.56. The van der Waals surface area contributed by atoms with Gasteiger partial charge in [0.1, 0.15) is 6.61 Å². The zero-order chi connectivity index (χ0) is 20.5. The van der Waals surface area contributed by atoms with E-state index in [4.69, 9.17) is 4.74 Å². The molecule has 0 aliphatic heterocycles. The molecule has 0 bridgehead atoms. The molecule has 5 rings (SSSR count). The number of amides is 1. The van der Waals surface area contributed by atoms with Crippen molar-refractivity contribution in [2.75, 3.05) is 6.61 Å². The average molecular weight is 396 g/mol. The molecule has 148 valence electrons. The van der Waals surface area contributed by atoms with E-state index in [0.29, 0.717) is 11.1 Å². The van der Waals surface area contributed by atoms with Crippen molar-refractivity contribution < 1.29 is 9.53 Å². The van der Waals surface area contributed by atoms with Gasteiger partial charge in [-0.15, -0.1) is 0 Å². The lowest BCUT2D eigenvalue weighted by atomic mass is 9.98. The Morgan fingerprint density at radius 2 is 1.53 bits per heavy atom. The van der Waals surface area contributed by atoms with Crippen LogP contribution in [0.25, 0.3) is 22.0 Å². The molecule has 0 saturated heterocycles. The lowest BCUT2D eigenvalue weighted by molar-refractivity contribution is 0.142. The van der Waals surface area contributed by atoms with E-state index < -0.39 is 6.09 Å². The van der Waals surface area contributed by atoms with Gasteiger partial charge >= 0.3 is 6.09 Å². The van der Waals surface area contributed by atoms with Gasteiger partial charge < -0.3 is 15.0 Å². The molecule has 5 nitrogen and oxygen atoms in total. The number of fused-ring (bicyclic) bond motifs is 4. The van der Waals surface area contributed by atoms with Crippen LogP contribution in [0.1, 0.15) is 22.7 Å². The molecular weight excluding hydrogens is 376 g/mol. The fraction of sp³-hybridized carbons (Fsp3) is 0.120. The van der Waals surface area contributed by atoms with Crippen LogP contribution in [0.4, 0.5) is 4.79 Å². The van der Waals surface area contributed by atoms with Gasteiger partial charge in [0.05, 0.1) is 6.54 Å². The molecule has 5 heteroatoms. The van der Waals surface area contributed by atoms with Crippen LogP contribution in [0.5, 0.6) is 0 Å². The molecule has 2 N–H and O–H groups in total. The maximum Gasteiger partial charge on any atom is 0.407 e. The predicted octanol–water partition coefficient (Wildman–Crippen LogP) is 4.57. The minimum Gasteiger partial charge on any atom is -0.449 e. The van der Waals surface area contributed by atoms with Crippen molar-refractivity contribution in [2.24, 2.45) is 0 Å². The van der Waals surface area contributed by atoms with E-state index in [1.807, 2.05) is 42.5 Å². The first-order valence-corrected chi connectivity index (χ1v) is 9.90. The SMILES string of the molecule is O=C(NCc1cc(=O)c2ccccc2[nH]1)OCC1c2ccccc2-c2ccccc21. The van der Waals surface area contributed by atoms with Crippen LogP contribution in [-0.4, -0.2) is 17.7 Å². The highest BCUT2D eigenvalue weighted by atomic mass is 16.5. The molecule has 30 heavy (non-hydrogen) atoms. The van der Waals surface area contributed by atoms with Crippen molar-refractivity contribution >= 4 is 17.0 Å². The standard InChI is InChI=1S/C25H20N2O3/c28-24-13-16(27-23-12-6-5-11-21(23)24)14-26-25(29)30-15-22-19-9-3-1-7-17(19)18-8-2-4-10-20(18)22/h1-13,22H,14-15H2,(H,26,29)(H,27,28). The zero-order valence-electron chi connectivity index (χ0n) is 16.2. The first-order chi connectivity index (χ1) is 14.7. The van der Waals surface area contributed by atoms with E-state index in [1.54, 1.807) is 6.07 Å². The number of hydrogen-bond donors (Lipinski definition) is 2. The summed E-state index contributed by atoms with van der Waals surface area (Å²) in [5.74, 6) is 0.0172. The Morgan fingerprint density at radius 3 is 2.27 bits per heavy atom. The second-order valence-corrected chi connectivity index (χ2v) is 7.38. The number of para-hydroxylation sites is 1. The smallest absolute Gasteiger partial charge is 0.407 e. The number of H-pyrrole nitrogens is 1. The van der Waals surface area contributed by atoms with Gasteiger partial charge in [-0.1, -0.05) is 60.7 Å². The second-order valence-electron chi connectivity index (χ2n) is 7.38. The summed E-state index contributed by atoms with van der Waals surface area (Å²) < 4.78 is 5.54. The van der Waals surface area contributed by atoms with Gasteiger partial charge in [0.2, 0.25) is 0 Å². The fourth-order valence-electron chi connectivity index (χ4n) is 4.16. The van der Waals surface area contributed by atoms with Crippen LogP contribution in [0, 0.1) is 0 Å². The molecule has 0 atom stereocenters. The number of hydrogen-bond acceptors (Lipinski definition) is 3. The molecule has 0 fully saturated rings. The van der Waals surface area contributed by atoms with Crippen LogP contribution in [0.15, 0.2) is 83.7 Å². The molecule has 1 aliphatic rings. The summed E-state index contributed by atoms with van der Waals surface area (Å²) >= 11 is 0. The Kier molecular flexibility index (Phi) is 4.56. The number of rotatable bonds is 4. The van der Waals surface area contributed by atoms with E-state index >= 15 is 0 Å². The quantitative estimate of drug-likeness (QED) is 0.531. The van der Waals surface area contributed by atoms with Gasteiger partial charge in [0.25, 0.3) is 0 Å². The number of nitrogens with one attached hydrogen (secondary N) is 2. The van der Waals surface area contributed by atoms with E-state index in [9.17, 15) is 9.59 Å². The normalized spacial score (nSPS) is 12.4. The van der Waals surface area contributed by atoms with Crippen LogP contribution < -0.4 is 10.7 Å². The molecule has 0 saturated carbocycles. The molecule has 1 amide bonds. The minimum atomic E-state index is -0.508. The monoisotopic (exact) mass is 396 g/mol. The summed E-state index contributed by atoms with van der Waals surface area (Å²) in [6.07, 6.45) is -0.508. The van der Waals surface area contributed by atoms with Crippen molar-refractivity contribution in [3.63, 3.8) is 0 Å². The maximum absolute atomic E-state index is 12.3. The Bertz CT molecular complexity index is 1260. The number of aromatic amines is 1. The molecule has 0 unspecified atom stereocenters. The van der Waals surface area contributed by atoms with E-state index in [-0.39, 0.29) is 24.5 Å². The van der Waals surface area contributed by atoms with Crippen LogP contribution in [-0.2, 0) is 11.3 Å². The molecule has 1 aromatic heterocycles. The number of benzene rings is 3. The molecule has 3 aromatic carbocycles. The van der Waals surface area contributed by atoms with Crippen molar-refractivity contribution in [3.05, 3.63) is 106 Å². The fourth-order valence-corrected chi connectivity index (χ4v) is 4.16. The Hall–Kier alpha value is -3.86. The van der Waals surface area contributed by atoms with Crippen molar-refractivity contribution in [1.29, 1.82) is 0 Å². The predicted molar refractivity (Wildman–Crippen MR) is 116 cm³/mol. The van der Waals surface area contributed by atoms with Gasteiger partial charge in [-0.25, -0.2) is 4.79 Å². The average Bonchev–Trinajstić information content (AvgIpc) is 3.10. The maximum atomic E-state index is 12.3. The first kappa shape index (κ1) is 18.2. The highest BCUT2D eigenvalue weighted by Gasteiger charge is 2.28. The van der Waals surface area contributed by atoms with Gasteiger partial charge in [-0.2, -0.15) is 0 Å². The molecule has 0 spiro atoms. The number of aromatic nitrogens is 1. The summed E-state index contributed by atoms with van der Waals surface area (Å²) in [6, 6.07) is 25.2. The lowest BCUT2D eigenvalue weighted by Crippen LogP contribution is -2.26. The minimum absolute atomic E-state index is 0.0172. The van der Waals surface area contributed by atoms with E-state index in [1.165, 1.54) is 28.3 Å². The summed E-state index contributed by atoms with van der Waals surface area (Å²) in [4.78, 5) is 27.7. The van der Waals surface area contributed by atoms with Crippen LogP contribution in [0.2, 0.25) is 0 Å². The third kappa shape index (κ3) is 3.24. The number of pyridine rings is 1. The summed E-state index contributed by atoms with van der Waals surface area (Å²) in [5, 5.41) is 3.36. The lowest BCUT2D eigenvalue weighted by Gasteiger charge is -2.14. The Morgan fingerprint density at radius 1 is 0.900 bits per heavy atom. The van der Waals surface area contributed by atoms with Crippen LogP contribution >= 0.6 is 0 Å². The molecule has 1 aliphatic carbocycles. The number of alkyl carbamates (subject to hydrolysis) is 1. The summed E-state index contributed by atoms with van der Waals surface area (Å²) in [6.45, 7) is 0.449. The van der Waals surface area contributed by atoms with Crippen LogP contribution in [0.3, 0.4) is 0 Å². The Labute approximate surface area is 173 Å². The molecule has 0 radical (unpaired) electrons. The molecule has 4 aromatic rings. The molecular formula is C25H20N2O3. The van der Waals surface area contributed by atoms with Crippen molar-refractivity contribution in [2.45, 2.75) is 12.5 Å². The first-order valence-electron chi connectivity index (χ1n) is 9.90. The number of carbonyl (C=O) groups excluding carboxylic acids is 1. The van der Waals surface area contributed by atoms with E-state index in [0.717, 1.165) is 5.52 Å². The summed E-state index contributed by atoms with van der Waals surface area (Å²) in [7, 11) is 0. The number of ether oxygens (including phenoxy) is 1. The second kappa shape index (κ2) is 7.52. The van der Waals surface area contributed by atoms with Gasteiger partial charge in [-0.05, 0) is 34.4 Å². The topological polar surface area (TPSA) is 71.2 Å². The van der Waals surface area contributed by atoms with Gasteiger partial charge in [0.15, 0.2) is 5.43 Å². The zero-order valence-corrected chi connectivity index (χ0v) is 16.2. The Balaban J connectivity index is 1.27. The van der Waals surface area contributed by atoms with Crippen molar-refractivity contribution in [1.82, 2.24) is 10.3 Å². The van der Waals surface area contributed by atoms with Gasteiger partial charge in [0, 0.05) is 28.6 Å². The summed E-state index contributed by atoms with van der Waals surface area (Å²) in [5.41, 5.74) is 6.03. The van der Waals surface area contributed by atoms with Crippen molar-refractivity contribution in [3.8, 4) is 11.1 Å². The molecule has 1 heterocycles. The van der Waals surface area contributed by atoms with E-state index in [2.05, 4.69) is 34.6 Å². The largest absolute Gasteiger partial charge is 0.449 e. The third-order valence-corrected chi connectivity index (χ3v) is 5.56. The highest BCUT2D eigenvalue weighted by molar-refractivity contribution is 5.79. The number of carbonyl (C=O) groups is 1. The highest BCUT2D eigenvalue weighted by Crippen LogP contribution is 2.44.